The van der Waals surface area contributed by atoms with E-state index in [9.17, 15) is 0 Å². The summed E-state index contributed by atoms with van der Waals surface area (Å²) < 4.78 is 16.3. The lowest BCUT2D eigenvalue weighted by Crippen LogP contribution is -2.42. The molecule has 0 aromatic heterocycles. The maximum Gasteiger partial charge on any atom is 0.191 e. The van der Waals surface area contributed by atoms with Crippen LogP contribution >= 0.6 is 24.0 Å². The molecule has 2 N–H and O–H groups in total. The third kappa shape index (κ3) is 12.3. The molecule has 1 unspecified atom stereocenters. The van der Waals surface area contributed by atoms with Crippen LogP contribution in [0.2, 0.25) is 0 Å². The number of guanidine groups is 1. The molecule has 1 atom stereocenters. The summed E-state index contributed by atoms with van der Waals surface area (Å²) in [6, 6.07) is 8.08. The highest BCUT2D eigenvalue weighted by atomic mass is 127. The van der Waals surface area contributed by atoms with Gasteiger partial charge in [-0.15, -0.1) is 24.0 Å². The average molecular weight is 479 g/mol. The molecule has 0 fully saturated rings. The fraction of sp³-hybridized carbons (Fsp3) is 0.632. The van der Waals surface area contributed by atoms with Gasteiger partial charge in [-0.25, -0.2) is 0 Å². The van der Waals surface area contributed by atoms with Gasteiger partial charge in [0.25, 0.3) is 0 Å². The summed E-state index contributed by atoms with van der Waals surface area (Å²) in [7, 11) is 3.45. The van der Waals surface area contributed by atoms with Crippen molar-refractivity contribution >= 4 is 29.9 Å². The molecule has 7 heteroatoms. The summed E-state index contributed by atoms with van der Waals surface area (Å²) in [6.45, 7) is 7.72. The third-order valence-electron chi connectivity index (χ3n) is 3.55. The minimum Gasteiger partial charge on any atom is -0.489 e. The van der Waals surface area contributed by atoms with Gasteiger partial charge in [0.05, 0.1) is 19.8 Å². The van der Waals surface area contributed by atoms with E-state index in [1.54, 1.807) is 14.2 Å². The van der Waals surface area contributed by atoms with Gasteiger partial charge in [-0.1, -0.05) is 12.1 Å². The van der Waals surface area contributed by atoms with E-state index in [2.05, 4.69) is 28.6 Å². The standard InChI is InChI=1S/C19H33N3O3.HI/c1-16-8-7-9-18(14-16)25-17(2)15-22-19(20-3)21-10-5-6-11-24-13-12-23-4;/h7-9,14,17H,5-6,10-13,15H2,1-4H3,(H2,20,21,22);1H. The normalized spacial score (nSPS) is 12.2. The van der Waals surface area contributed by atoms with Crippen molar-refractivity contribution in [3.8, 4) is 5.75 Å². The largest absolute Gasteiger partial charge is 0.489 e. The van der Waals surface area contributed by atoms with Gasteiger partial charge in [-0.05, 0) is 44.4 Å². The van der Waals surface area contributed by atoms with Crippen molar-refractivity contribution < 1.29 is 14.2 Å². The van der Waals surface area contributed by atoms with Gasteiger partial charge in [0.1, 0.15) is 11.9 Å². The number of benzene rings is 1. The zero-order valence-corrected chi connectivity index (χ0v) is 18.7. The molecule has 0 bridgehead atoms. The lowest BCUT2D eigenvalue weighted by molar-refractivity contribution is 0.0689. The Morgan fingerprint density at radius 1 is 1.15 bits per heavy atom. The van der Waals surface area contributed by atoms with Gasteiger partial charge in [-0.2, -0.15) is 0 Å². The van der Waals surface area contributed by atoms with Gasteiger partial charge in [0.2, 0.25) is 0 Å². The molecule has 6 nitrogen and oxygen atoms in total. The Balaban J connectivity index is 0.00000625. The second-order valence-corrected chi connectivity index (χ2v) is 5.94. The smallest absolute Gasteiger partial charge is 0.191 e. The van der Waals surface area contributed by atoms with E-state index in [1.807, 2.05) is 25.1 Å². The first-order valence-electron chi connectivity index (χ1n) is 8.90. The van der Waals surface area contributed by atoms with Crippen LogP contribution in [0.25, 0.3) is 0 Å². The summed E-state index contributed by atoms with van der Waals surface area (Å²) in [6.07, 6.45) is 2.10. The summed E-state index contributed by atoms with van der Waals surface area (Å²) in [5.41, 5.74) is 1.20. The van der Waals surface area contributed by atoms with E-state index in [1.165, 1.54) is 5.56 Å². The number of methoxy groups -OCH3 is 1. The van der Waals surface area contributed by atoms with Gasteiger partial charge in [0, 0.05) is 27.3 Å². The Labute approximate surface area is 175 Å². The van der Waals surface area contributed by atoms with Crippen LogP contribution in [0.4, 0.5) is 0 Å². The highest BCUT2D eigenvalue weighted by molar-refractivity contribution is 14.0. The van der Waals surface area contributed by atoms with Crippen LogP contribution in [0.3, 0.4) is 0 Å². The molecule has 0 amide bonds. The highest BCUT2D eigenvalue weighted by Crippen LogP contribution is 2.13. The zero-order valence-electron chi connectivity index (χ0n) is 16.4. The third-order valence-corrected chi connectivity index (χ3v) is 3.55. The molecule has 0 aliphatic carbocycles. The molecule has 0 saturated carbocycles. The van der Waals surface area contributed by atoms with Gasteiger partial charge in [0.15, 0.2) is 5.96 Å². The Bertz CT molecular complexity index is 501. The molecule has 150 valence electrons. The Morgan fingerprint density at radius 3 is 2.65 bits per heavy atom. The Hall–Kier alpha value is -1.06. The maximum atomic E-state index is 5.91. The van der Waals surface area contributed by atoms with Crippen LogP contribution in [0, 0.1) is 6.92 Å². The average Bonchev–Trinajstić information content (AvgIpc) is 2.60. The SMILES string of the molecule is CN=C(NCCCCOCCOC)NCC(C)Oc1cccc(C)c1.I. The van der Waals surface area contributed by atoms with Crippen molar-refractivity contribution in [3.05, 3.63) is 29.8 Å². The van der Waals surface area contributed by atoms with E-state index in [-0.39, 0.29) is 30.1 Å². The number of ether oxygens (including phenoxy) is 3. The first kappa shape index (κ1) is 24.9. The predicted molar refractivity (Wildman–Crippen MR) is 118 cm³/mol. The molecule has 26 heavy (non-hydrogen) atoms. The molecule has 1 aromatic carbocycles. The number of rotatable bonds is 12. The minimum atomic E-state index is 0. The first-order chi connectivity index (χ1) is 12.2. The fourth-order valence-electron chi connectivity index (χ4n) is 2.20. The summed E-state index contributed by atoms with van der Waals surface area (Å²) >= 11 is 0. The molecule has 1 rings (SSSR count). The molecule has 0 aliphatic heterocycles. The monoisotopic (exact) mass is 479 g/mol. The summed E-state index contributed by atoms with van der Waals surface area (Å²) in [5, 5.41) is 6.59. The van der Waals surface area contributed by atoms with E-state index in [0.29, 0.717) is 19.8 Å². The lowest BCUT2D eigenvalue weighted by Gasteiger charge is -2.18. The number of aliphatic imine (C=N–C) groups is 1. The first-order valence-corrected chi connectivity index (χ1v) is 8.90. The number of aryl methyl sites for hydroxylation is 1. The number of unbranched alkanes of at least 4 members (excludes halogenated alkanes) is 1. The van der Waals surface area contributed by atoms with Crippen LogP contribution < -0.4 is 15.4 Å². The van der Waals surface area contributed by atoms with Crippen LogP contribution in [0.15, 0.2) is 29.3 Å². The van der Waals surface area contributed by atoms with Crippen molar-refractivity contribution in [2.24, 2.45) is 4.99 Å². The zero-order chi connectivity index (χ0) is 18.3. The highest BCUT2D eigenvalue weighted by Gasteiger charge is 2.05. The molecule has 0 saturated heterocycles. The van der Waals surface area contributed by atoms with E-state index in [0.717, 1.165) is 37.7 Å². The summed E-state index contributed by atoms with van der Waals surface area (Å²) in [4.78, 5) is 4.23. The minimum absolute atomic E-state index is 0. The molecule has 0 heterocycles. The van der Waals surface area contributed by atoms with Crippen molar-refractivity contribution in [2.45, 2.75) is 32.8 Å². The van der Waals surface area contributed by atoms with E-state index < -0.39 is 0 Å². The van der Waals surface area contributed by atoms with Crippen molar-refractivity contribution in [3.63, 3.8) is 0 Å². The quantitative estimate of drug-likeness (QED) is 0.209. The van der Waals surface area contributed by atoms with Gasteiger partial charge in [-0.3, -0.25) is 4.99 Å². The van der Waals surface area contributed by atoms with Crippen LogP contribution in [-0.2, 0) is 9.47 Å². The molecule has 0 spiro atoms. The number of nitrogens with zero attached hydrogens (tertiary/aromatic N) is 1. The van der Waals surface area contributed by atoms with Gasteiger partial charge >= 0.3 is 0 Å². The van der Waals surface area contributed by atoms with E-state index >= 15 is 0 Å². The summed E-state index contributed by atoms with van der Waals surface area (Å²) in [5.74, 6) is 1.69. The number of halogens is 1. The van der Waals surface area contributed by atoms with E-state index in [4.69, 9.17) is 14.2 Å². The fourth-order valence-corrected chi connectivity index (χ4v) is 2.20. The predicted octanol–water partition coefficient (Wildman–Crippen LogP) is 2.99. The van der Waals surface area contributed by atoms with Crippen molar-refractivity contribution in [2.75, 3.05) is 47.1 Å². The Kier molecular flexibility index (Phi) is 15.5. The molecule has 1 aromatic rings. The molecule has 0 aliphatic rings. The Morgan fingerprint density at radius 2 is 1.96 bits per heavy atom. The second kappa shape index (κ2) is 16.1. The van der Waals surface area contributed by atoms with Crippen molar-refractivity contribution in [1.29, 1.82) is 0 Å². The second-order valence-electron chi connectivity index (χ2n) is 5.94. The van der Waals surface area contributed by atoms with Crippen molar-refractivity contribution in [1.82, 2.24) is 10.6 Å². The number of nitrogens with one attached hydrogen (secondary N) is 2. The lowest BCUT2D eigenvalue weighted by atomic mass is 10.2. The maximum absolute atomic E-state index is 5.91. The molecular formula is C19H34IN3O3. The van der Waals surface area contributed by atoms with Crippen LogP contribution in [-0.4, -0.2) is 59.1 Å². The number of hydrogen-bond donors (Lipinski definition) is 2. The number of hydrogen-bond acceptors (Lipinski definition) is 4. The van der Waals surface area contributed by atoms with Crippen LogP contribution in [0.5, 0.6) is 5.75 Å². The van der Waals surface area contributed by atoms with Crippen LogP contribution in [0.1, 0.15) is 25.3 Å². The topological polar surface area (TPSA) is 64.1 Å². The van der Waals surface area contributed by atoms with Gasteiger partial charge < -0.3 is 24.8 Å². The molecular weight excluding hydrogens is 445 g/mol. The molecule has 0 radical (unpaired) electrons.